The van der Waals surface area contributed by atoms with Gasteiger partial charge in [0, 0.05) is 6.42 Å². The third kappa shape index (κ3) is 2.66. The van der Waals surface area contributed by atoms with Crippen molar-refractivity contribution in [3.05, 3.63) is 12.2 Å². The molecule has 0 heterocycles. The highest BCUT2D eigenvalue weighted by Crippen LogP contribution is 2.20. The molecule has 1 rings (SSSR count). The van der Waals surface area contributed by atoms with Crippen LogP contribution in [-0.4, -0.2) is 12.1 Å². The second kappa shape index (κ2) is 4.06. The number of hydrogen-bond acceptors (Lipinski definition) is 2. The van der Waals surface area contributed by atoms with E-state index in [9.17, 15) is 9.59 Å². The minimum absolute atomic E-state index is 0.0663. The summed E-state index contributed by atoms with van der Waals surface area (Å²) in [6.45, 7) is 0. The summed E-state index contributed by atoms with van der Waals surface area (Å²) in [6.07, 6.45) is 7.64. The Bertz CT molecular complexity index is 182. The lowest BCUT2D eigenvalue weighted by Crippen LogP contribution is -2.04. The Morgan fingerprint density at radius 1 is 1.64 bits per heavy atom. The van der Waals surface area contributed by atoms with Crippen LogP contribution >= 0.6 is 0 Å². The molecule has 60 valence electrons. The highest BCUT2D eigenvalue weighted by atomic mass is 16.1. The Hall–Kier alpha value is -0.920. The first-order chi connectivity index (χ1) is 5.33. The Labute approximate surface area is 66.3 Å². The third-order valence-corrected chi connectivity index (χ3v) is 1.91. The van der Waals surface area contributed by atoms with Gasteiger partial charge in [0.1, 0.15) is 12.1 Å². The van der Waals surface area contributed by atoms with Gasteiger partial charge in [-0.05, 0) is 18.8 Å². The van der Waals surface area contributed by atoms with Crippen molar-refractivity contribution in [3.63, 3.8) is 0 Å². The lowest BCUT2D eigenvalue weighted by atomic mass is 10.0. The fourth-order valence-electron chi connectivity index (χ4n) is 1.33. The van der Waals surface area contributed by atoms with Gasteiger partial charge < -0.3 is 4.79 Å². The van der Waals surface area contributed by atoms with Gasteiger partial charge in [-0.25, -0.2) is 0 Å². The van der Waals surface area contributed by atoms with Gasteiger partial charge in [-0.1, -0.05) is 12.2 Å². The quantitative estimate of drug-likeness (QED) is 0.347. The second-order valence-electron chi connectivity index (χ2n) is 2.88. The summed E-state index contributed by atoms with van der Waals surface area (Å²) in [7, 11) is 0. The van der Waals surface area contributed by atoms with Crippen LogP contribution in [0.3, 0.4) is 0 Å². The molecule has 0 fully saturated rings. The highest BCUT2D eigenvalue weighted by molar-refractivity contribution is 5.89. The average Bonchev–Trinajstić information content (AvgIpc) is 2.40. The first-order valence-corrected chi connectivity index (χ1v) is 3.95. The Kier molecular flexibility index (Phi) is 3.02. The van der Waals surface area contributed by atoms with Crippen LogP contribution in [0.5, 0.6) is 0 Å². The predicted octanol–water partition coefficient (Wildman–Crippen LogP) is 1.50. The summed E-state index contributed by atoms with van der Waals surface area (Å²) in [5, 5.41) is 0. The highest BCUT2D eigenvalue weighted by Gasteiger charge is 2.12. The largest absolute Gasteiger partial charge is 0.303 e. The summed E-state index contributed by atoms with van der Waals surface area (Å²) in [5.74, 6) is 0.471. The van der Waals surface area contributed by atoms with Gasteiger partial charge in [0.15, 0.2) is 0 Å². The van der Waals surface area contributed by atoms with Crippen LogP contribution in [0.15, 0.2) is 12.2 Å². The zero-order valence-electron chi connectivity index (χ0n) is 6.45. The van der Waals surface area contributed by atoms with Crippen molar-refractivity contribution in [2.75, 3.05) is 0 Å². The van der Waals surface area contributed by atoms with Gasteiger partial charge in [-0.15, -0.1) is 0 Å². The molecule has 0 saturated heterocycles. The molecule has 1 unspecified atom stereocenters. The van der Waals surface area contributed by atoms with Gasteiger partial charge in [0.2, 0.25) is 0 Å². The molecule has 1 aliphatic rings. The molecule has 0 aromatic carbocycles. The van der Waals surface area contributed by atoms with Gasteiger partial charge in [-0.3, -0.25) is 4.79 Å². The standard InChI is InChI=1S/C9H12O2/c10-6-5-9(11)7-8-3-1-2-4-8/h1,3,6,8H,2,4-5,7H2. The number of Topliss-reactive ketones (excluding diaryl/α,β-unsaturated/α-hetero) is 1. The van der Waals surface area contributed by atoms with Crippen LogP contribution in [0.25, 0.3) is 0 Å². The normalized spacial score (nSPS) is 22.0. The van der Waals surface area contributed by atoms with Crippen molar-refractivity contribution >= 4 is 12.1 Å². The van der Waals surface area contributed by atoms with E-state index >= 15 is 0 Å². The van der Waals surface area contributed by atoms with Gasteiger partial charge in [0.05, 0.1) is 6.42 Å². The Morgan fingerprint density at radius 2 is 2.45 bits per heavy atom. The summed E-state index contributed by atoms with van der Waals surface area (Å²) >= 11 is 0. The molecule has 0 N–H and O–H groups in total. The zero-order valence-corrected chi connectivity index (χ0v) is 6.45. The van der Waals surface area contributed by atoms with E-state index in [0.29, 0.717) is 18.6 Å². The fraction of sp³-hybridized carbons (Fsp3) is 0.556. The van der Waals surface area contributed by atoms with Crippen molar-refractivity contribution in [2.24, 2.45) is 5.92 Å². The van der Waals surface area contributed by atoms with Gasteiger partial charge in [0.25, 0.3) is 0 Å². The number of carbonyl (C=O) groups excluding carboxylic acids is 2. The number of aldehydes is 1. The number of allylic oxidation sites excluding steroid dienone is 2. The summed E-state index contributed by atoms with van der Waals surface area (Å²) in [5.41, 5.74) is 0. The van der Waals surface area contributed by atoms with E-state index in [1.165, 1.54) is 0 Å². The minimum atomic E-state index is 0.0663. The maximum absolute atomic E-state index is 10.9. The molecule has 2 heteroatoms. The summed E-state index contributed by atoms with van der Waals surface area (Å²) in [6, 6.07) is 0. The topological polar surface area (TPSA) is 34.1 Å². The van der Waals surface area contributed by atoms with Crippen molar-refractivity contribution in [3.8, 4) is 0 Å². The smallest absolute Gasteiger partial charge is 0.140 e. The van der Waals surface area contributed by atoms with E-state index in [4.69, 9.17) is 0 Å². The molecule has 0 spiro atoms. The molecule has 1 atom stereocenters. The zero-order chi connectivity index (χ0) is 8.10. The van der Waals surface area contributed by atoms with E-state index in [1.54, 1.807) is 0 Å². The molecule has 0 aliphatic heterocycles. The Morgan fingerprint density at radius 3 is 3.00 bits per heavy atom. The van der Waals surface area contributed by atoms with E-state index < -0.39 is 0 Å². The first-order valence-electron chi connectivity index (χ1n) is 3.95. The van der Waals surface area contributed by atoms with Crippen molar-refractivity contribution < 1.29 is 9.59 Å². The number of carbonyl (C=O) groups is 2. The van der Waals surface area contributed by atoms with Crippen LogP contribution in [-0.2, 0) is 9.59 Å². The second-order valence-corrected chi connectivity index (χ2v) is 2.88. The number of hydrogen-bond donors (Lipinski definition) is 0. The summed E-state index contributed by atoms with van der Waals surface area (Å²) in [4.78, 5) is 20.9. The van der Waals surface area contributed by atoms with Crippen molar-refractivity contribution in [2.45, 2.75) is 25.7 Å². The first kappa shape index (κ1) is 8.18. The predicted molar refractivity (Wildman–Crippen MR) is 42.2 cm³/mol. The molecule has 0 bridgehead atoms. The van der Waals surface area contributed by atoms with Crippen LogP contribution < -0.4 is 0 Å². The van der Waals surface area contributed by atoms with Crippen molar-refractivity contribution in [1.82, 2.24) is 0 Å². The van der Waals surface area contributed by atoms with Gasteiger partial charge >= 0.3 is 0 Å². The lowest BCUT2D eigenvalue weighted by Gasteiger charge is -2.02. The molecule has 2 nitrogen and oxygen atoms in total. The molecular formula is C9H12O2. The lowest BCUT2D eigenvalue weighted by molar-refractivity contribution is -0.122. The molecule has 0 amide bonds. The minimum Gasteiger partial charge on any atom is -0.303 e. The van der Waals surface area contributed by atoms with E-state index in [2.05, 4.69) is 12.2 Å². The van der Waals surface area contributed by atoms with E-state index in [1.807, 2.05) is 0 Å². The van der Waals surface area contributed by atoms with Crippen LogP contribution in [0, 0.1) is 5.92 Å². The molecule has 11 heavy (non-hydrogen) atoms. The molecular weight excluding hydrogens is 140 g/mol. The number of ketones is 1. The molecule has 0 radical (unpaired) electrons. The molecule has 0 aromatic heterocycles. The Balaban J connectivity index is 2.24. The van der Waals surface area contributed by atoms with Gasteiger partial charge in [-0.2, -0.15) is 0 Å². The van der Waals surface area contributed by atoms with Crippen LogP contribution in [0.1, 0.15) is 25.7 Å². The number of rotatable bonds is 4. The van der Waals surface area contributed by atoms with Crippen molar-refractivity contribution in [1.29, 1.82) is 0 Å². The van der Waals surface area contributed by atoms with E-state index in [0.717, 1.165) is 12.8 Å². The maximum atomic E-state index is 10.9. The van der Waals surface area contributed by atoms with Crippen LogP contribution in [0.2, 0.25) is 0 Å². The molecule has 0 saturated carbocycles. The maximum Gasteiger partial charge on any atom is 0.140 e. The summed E-state index contributed by atoms with van der Waals surface area (Å²) < 4.78 is 0. The van der Waals surface area contributed by atoms with Crippen LogP contribution in [0.4, 0.5) is 0 Å². The average molecular weight is 152 g/mol. The SMILES string of the molecule is O=CCC(=O)CC1C=CCC1. The monoisotopic (exact) mass is 152 g/mol. The third-order valence-electron chi connectivity index (χ3n) is 1.91. The molecule has 1 aliphatic carbocycles. The fourth-order valence-corrected chi connectivity index (χ4v) is 1.33. The molecule has 0 aromatic rings. The van der Waals surface area contributed by atoms with E-state index in [-0.39, 0.29) is 12.2 Å².